The van der Waals surface area contributed by atoms with Crippen molar-refractivity contribution in [1.29, 1.82) is 0 Å². The zero-order chi connectivity index (χ0) is 16.4. The number of nitrogens with zero attached hydrogens (tertiary/aromatic N) is 3. The predicted octanol–water partition coefficient (Wildman–Crippen LogP) is 1.68. The van der Waals surface area contributed by atoms with Gasteiger partial charge in [0, 0.05) is 7.05 Å². The highest BCUT2D eigenvalue weighted by atomic mass is 16.6. The van der Waals surface area contributed by atoms with E-state index in [0.717, 1.165) is 0 Å². The predicted molar refractivity (Wildman–Crippen MR) is 82.9 cm³/mol. The number of ether oxygens (including phenoxy) is 3. The highest BCUT2D eigenvalue weighted by Gasteiger charge is 2.36. The summed E-state index contributed by atoms with van der Waals surface area (Å²) in [4.78, 5) is 22.2. The van der Waals surface area contributed by atoms with Gasteiger partial charge in [0.1, 0.15) is 6.10 Å². The maximum atomic E-state index is 12.7. The molecule has 120 valence electrons. The maximum absolute atomic E-state index is 12.7. The molecule has 1 aromatic heterocycles. The molecule has 0 fully saturated rings. The van der Waals surface area contributed by atoms with E-state index in [0.29, 0.717) is 17.2 Å². The molecule has 0 saturated carbocycles. The first-order valence-corrected chi connectivity index (χ1v) is 7.16. The lowest BCUT2D eigenvalue weighted by Crippen LogP contribution is -2.50. The molecule has 0 radical (unpaired) electrons. The molecule has 2 unspecified atom stereocenters. The van der Waals surface area contributed by atoms with Crippen molar-refractivity contribution in [2.24, 2.45) is 0 Å². The Morgan fingerprint density at radius 1 is 1.17 bits per heavy atom. The van der Waals surface area contributed by atoms with Crippen molar-refractivity contribution in [3.05, 3.63) is 36.7 Å². The fraction of sp³-hybridized carbons (Fsp3) is 0.312. The SMILES string of the molecule is COc1cnc(N(C)C(=O)C2Oc3ccccc3OC2C)nc1. The molecule has 0 bridgehead atoms. The van der Waals surface area contributed by atoms with Crippen LogP contribution in [-0.2, 0) is 4.79 Å². The molecule has 1 aliphatic rings. The summed E-state index contributed by atoms with van der Waals surface area (Å²) in [5, 5.41) is 0. The van der Waals surface area contributed by atoms with Crippen molar-refractivity contribution < 1.29 is 19.0 Å². The van der Waals surface area contributed by atoms with Crippen LogP contribution in [0, 0.1) is 0 Å². The summed E-state index contributed by atoms with van der Waals surface area (Å²) < 4.78 is 16.6. The van der Waals surface area contributed by atoms with Gasteiger partial charge in [-0.25, -0.2) is 9.97 Å². The van der Waals surface area contributed by atoms with Crippen LogP contribution in [-0.4, -0.2) is 42.2 Å². The molecule has 7 nitrogen and oxygen atoms in total. The zero-order valence-corrected chi connectivity index (χ0v) is 13.1. The number of likely N-dealkylation sites (N-methyl/N-ethyl adjacent to an activating group) is 1. The van der Waals surface area contributed by atoms with Crippen molar-refractivity contribution in [3.8, 4) is 17.2 Å². The molecule has 1 aliphatic heterocycles. The number of hydrogen-bond donors (Lipinski definition) is 0. The Hall–Kier alpha value is -2.83. The summed E-state index contributed by atoms with van der Waals surface area (Å²) in [6.07, 6.45) is 1.82. The van der Waals surface area contributed by atoms with Crippen molar-refractivity contribution in [2.75, 3.05) is 19.1 Å². The summed E-state index contributed by atoms with van der Waals surface area (Å²) in [6, 6.07) is 7.26. The van der Waals surface area contributed by atoms with Crippen LogP contribution in [0.4, 0.5) is 5.95 Å². The van der Waals surface area contributed by atoms with Crippen LogP contribution in [0.3, 0.4) is 0 Å². The van der Waals surface area contributed by atoms with E-state index >= 15 is 0 Å². The number of anilines is 1. The van der Waals surface area contributed by atoms with Crippen molar-refractivity contribution in [1.82, 2.24) is 9.97 Å². The van der Waals surface area contributed by atoms with Gasteiger partial charge in [-0.1, -0.05) is 12.1 Å². The number of para-hydroxylation sites is 2. The molecule has 7 heteroatoms. The van der Waals surface area contributed by atoms with Crippen LogP contribution < -0.4 is 19.1 Å². The average molecular weight is 315 g/mol. The molecule has 3 rings (SSSR count). The fourth-order valence-electron chi connectivity index (χ4n) is 2.27. The monoisotopic (exact) mass is 315 g/mol. The molecule has 2 heterocycles. The van der Waals surface area contributed by atoms with E-state index in [2.05, 4.69) is 9.97 Å². The smallest absolute Gasteiger partial charge is 0.274 e. The lowest BCUT2D eigenvalue weighted by Gasteiger charge is -2.32. The largest absolute Gasteiger partial charge is 0.494 e. The van der Waals surface area contributed by atoms with Gasteiger partial charge in [-0.2, -0.15) is 0 Å². The number of hydrogen-bond acceptors (Lipinski definition) is 6. The third kappa shape index (κ3) is 2.90. The number of carbonyl (C=O) groups is 1. The van der Waals surface area contributed by atoms with Crippen LogP contribution in [0.2, 0.25) is 0 Å². The first-order chi connectivity index (χ1) is 11.1. The van der Waals surface area contributed by atoms with Gasteiger partial charge in [0.05, 0.1) is 19.5 Å². The molecular weight excluding hydrogens is 298 g/mol. The van der Waals surface area contributed by atoms with E-state index in [1.165, 1.54) is 24.4 Å². The minimum absolute atomic E-state index is 0.269. The number of fused-ring (bicyclic) bond motifs is 1. The van der Waals surface area contributed by atoms with Crippen LogP contribution in [0.15, 0.2) is 36.7 Å². The quantitative estimate of drug-likeness (QED) is 0.858. The Balaban J connectivity index is 1.79. The summed E-state index contributed by atoms with van der Waals surface area (Å²) in [5.74, 6) is 1.69. The molecule has 1 amide bonds. The van der Waals surface area contributed by atoms with E-state index < -0.39 is 12.2 Å². The van der Waals surface area contributed by atoms with Gasteiger partial charge < -0.3 is 14.2 Å². The molecule has 1 aromatic carbocycles. The van der Waals surface area contributed by atoms with E-state index in [-0.39, 0.29) is 11.9 Å². The second-order valence-electron chi connectivity index (χ2n) is 5.13. The third-order valence-corrected chi connectivity index (χ3v) is 3.57. The third-order valence-electron chi connectivity index (χ3n) is 3.57. The minimum Gasteiger partial charge on any atom is -0.494 e. The number of amides is 1. The van der Waals surface area contributed by atoms with Crippen LogP contribution in [0.1, 0.15) is 6.92 Å². The van der Waals surface area contributed by atoms with Gasteiger partial charge in [0.15, 0.2) is 17.2 Å². The van der Waals surface area contributed by atoms with Crippen LogP contribution in [0.5, 0.6) is 17.2 Å². The second kappa shape index (κ2) is 6.12. The second-order valence-corrected chi connectivity index (χ2v) is 5.13. The van der Waals surface area contributed by atoms with Gasteiger partial charge >= 0.3 is 0 Å². The maximum Gasteiger partial charge on any atom is 0.274 e. The number of benzene rings is 1. The Morgan fingerprint density at radius 3 is 2.39 bits per heavy atom. The molecule has 2 aromatic rings. The molecule has 23 heavy (non-hydrogen) atoms. The Kier molecular flexibility index (Phi) is 4.01. The highest BCUT2D eigenvalue weighted by molar-refractivity contribution is 5.95. The first-order valence-electron chi connectivity index (χ1n) is 7.16. The normalized spacial score (nSPS) is 19.1. The number of carbonyl (C=O) groups excluding carboxylic acids is 1. The Morgan fingerprint density at radius 2 is 1.78 bits per heavy atom. The molecule has 0 aliphatic carbocycles. The Bertz CT molecular complexity index is 705. The van der Waals surface area contributed by atoms with E-state index in [1.807, 2.05) is 18.2 Å². The van der Waals surface area contributed by atoms with E-state index in [1.54, 1.807) is 20.0 Å². The van der Waals surface area contributed by atoms with Crippen LogP contribution in [0.25, 0.3) is 0 Å². The fourth-order valence-corrected chi connectivity index (χ4v) is 2.27. The zero-order valence-electron chi connectivity index (χ0n) is 13.1. The number of rotatable bonds is 3. The summed E-state index contributed by atoms with van der Waals surface area (Å²) in [5.41, 5.74) is 0. The number of aromatic nitrogens is 2. The minimum atomic E-state index is -0.763. The van der Waals surface area contributed by atoms with Gasteiger partial charge in [0.25, 0.3) is 5.91 Å². The molecule has 2 atom stereocenters. The standard InChI is InChI=1S/C16H17N3O4/c1-10-14(23-13-7-5-4-6-12(13)22-10)15(20)19(2)16-17-8-11(21-3)9-18-16/h4-10,14H,1-3H3. The Labute approximate surface area is 133 Å². The van der Waals surface area contributed by atoms with Gasteiger partial charge in [-0.3, -0.25) is 9.69 Å². The molecule has 0 saturated heterocycles. The highest BCUT2D eigenvalue weighted by Crippen LogP contribution is 2.34. The van der Waals surface area contributed by atoms with Gasteiger partial charge in [-0.05, 0) is 19.1 Å². The van der Waals surface area contributed by atoms with E-state index in [4.69, 9.17) is 14.2 Å². The van der Waals surface area contributed by atoms with Crippen LogP contribution >= 0.6 is 0 Å². The number of methoxy groups -OCH3 is 1. The summed E-state index contributed by atoms with van der Waals surface area (Å²) in [6.45, 7) is 1.79. The molecule has 0 N–H and O–H groups in total. The average Bonchev–Trinajstić information content (AvgIpc) is 2.60. The van der Waals surface area contributed by atoms with Crippen molar-refractivity contribution >= 4 is 11.9 Å². The summed E-state index contributed by atoms with van der Waals surface area (Å²) >= 11 is 0. The molecular formula is C16H17N3O4. The van der Waals surface area contributed by atoms with E-state index in [9.17, 15) is 4.79 Å². The first kappa shape index (κ1) is 15.1. The van der Waals surface area contributed by atoms with Gasteiger partial charge in [0.2, 0.25) is 12.1 Å². The molecule has 0 spiro atoms. The lowest BCUT2D eigenvalue weighted by atomic mass is 10.1. The van der Waals surface area contributed by atoms with Gasteiger partial charge in [-0.15, -0.1) is 0 Å². The van der Waals surface area contributed by atoms with Crippen molar-refractivity contribution in [3.63, 3.8) is 0 Å². The lowest BCUT2D eigenvalue weighted by molar-refractivity contribution is -0.130. The topological polar surface area (TPSA) is 73.8 Å². The van der Waals surface area contributed by atoms with Crippen molar-refractivity contribution in [2.45, 2.75) is 19.1 Å². The summed E-state index contributed by atoms with van der Waals surface area (Å²) in [7, 11) is 3.13.